The summed E-state index contributed by atoms with van der Waals surface area (Å²) in [7, 11) is -3.39. The molecule has 20 heavy (non-hydrogen) atoms. The van der Waals surface area contributed by atoms with E-state index in [9.17, 15) is 13.2 Å². The Labute approximate surface area is 125 Å². The van der Waals surface area contributed by atoms with Crippen LogP contribution in [0.3, 0.4) is 0 Å². The van der Waals surface area contributed by atoms with Crippen LogP contribution in [0.4, 0.5) is 0 Å². The third-order valence-corrected chi connectivity index (χ3v) is 4.32. The molecule has 0 fully saturated rings. The molecule has 112 valence electrons. The summed E-state index contributed by atoms with van der Waals surface area (Å²) >= 11 is 5.92. The number of carbonyl (C=O) groups is 1. The molecular weight excluding hydrogens is 300 g/mol. The summed E-state index contributed by atoms with van der Waals surface area (Å²) in [5.41, 5.74) is -0.0674. The van der Waals surface area contributed by atoms with Gasteiger partial charge in [-0.3, -0.25) is 4.79 Å². The molecule has 4 nitrogen and oxygen atoms in total. The second kappa shape index (κ2) is 6.59. The molecule has 0 atom stereocenters. The van der Waals surface area contributed by atoms with E-state index >= 15 is 0 Å². The zero-order valence-electron chi connectivity index (χ0n) is 11.8. The van der Waals surface area contributed by atoms with E-state index in [1.165, 1.54) is 0 Å². The van der Waals surface area contributed by atoms with Gasteiger partial charge < -0.3 is 4.74 Å². The number of hydrogen-bond acceptors (Lipinski definition) is 4. The first-order valence-corrected chi connectivity index (χ1v) is 8.45. The smallest absolute Gasteiger partial charge is 0.307 e. The SMILES string of the molecule is CC(C)(C)OC(=O)CCS(=O)(=O)Cc1ccccc1Cl. The van der Waals surface area contributed by atoms with Gasteiger partial charge in [-0.15, -0.1) is 0 Å². The molecule has 1 aromatic carbocycles. The molecule has 1 aromatic rings. The van der Waals surface area contributed by atoms with Gasteiger partial charge in [0.25, 0.3) is 0 Å². The molecule has 0 saturated carbocycles. The monoisotopic (exact) mass is 318 g/mol. The van der Waals surface area contributed by atoms with Crippen molar-refractivity contribution >= 4 is 27.4 Å². The van der Waals surface area contributed by atoms with Crippen LogP contribution in [0.25, 0.3) is 0 Å². The Bertz CT molecular complexity index is 573. The highest BCUT2D eigenvalue weighted by molar-refractivity contribution is 7.90. The van der Waals surface area contributed by atoms with Crippen LogP contribution in [0.5, 0.6) is 0 Å². The largest absolute Gasteiger partial charge is 0.460 e. The number of sulfone groups is 1. The van der Waals surface area contributed by atoms with E-state index in [0.29, 0.717) is 10.6 Å². The van der Waals surface area contributed by atoms with Gasteiger partial charge in [-0.05, 0) is 32.4 Å². The number of halogens is 1. The van der Waals surface area contributed by atoms with Crippen molar-refractivity contribution in [1.29, 1.82) is 0 Å². The summed E-state index contributed by atoms with van der Waals surface area (Å²) < 4.78 is 29.0. The number of ether oxygens (including phenoxy) is 1. The molecule has 0 aromatic heterocycles. The molecule has 0 unspecified atom stereocenters. The lowest BCUT2D eigenvalue weighted by Crippen LogP contribution is -2.25. The summed E-state index contributed by atoms with van der Waals surface area (Å²) in [5, 5.41) is 0.411. The van der Waals surface area contributed by atoms with Crippen LogP contribution < -0.4 is 0 Å². The first-order valence-electron chi connectivity index (χ1n) is 6.25. The van der Waals surface area contributed by atoms with Gasteiger partial charge in [0.1, 0.15) is 5.60 Å². The normalized spacial score (nSPS) is 12.2. The molecule has 0 heterocycles. The highest BCUT2D eigenvalue weighted by atomic mass is 35.5. The molecule has 0 saturated heterocycles. The summed E-state index contributed by atoms with van der Waals surface area (Å²) in [5.74, 6) is -0.928. The standard InChI is InChI=1S/C14H19ClO4S/c1-14(2,3)19-13(16)8-9-20(17,18)10-11-6-4-5-7-12(11)15/h4-7H,8-10H2,1-3H3. The minimum Gasteiger partial charge on any atom is -0.460 e. The van der Waals surface area contributed by atoms with Crippen molar-refractivity contribution in [1.82, 2.24) is 0 Å². The minimum atomic E-state index is -3.39. The summed E-state index contributed by atoms with van der Waals surface area (Å²) in [6, 6.07) is 6.76. The molecule has 0 bridgehead atoms. The van der Waals surface area contributed by atoms with E-state index in [4.69, 9.17) is 16.3 Å². The van der Waals surface area contributed by atoms with Gasteiger partial charge in [-0.25, -0.2) is 8.42 Å². The predicted molar refractivity (Wildman–Crippen MR) is 79.4 cm³/mol. The maximum absolute atomic E-state index is 12.0. The van der Waals surface area contributed by atoms with Crippen LogP contribution in [-0.4, -0.2) is 25.7 Å². The number of hydrogen-bond donors (Lipinski definition) is 0. The third-order valence-electron chi connectivity index (χ3n) is 2.37. The topological polar surface area (TPSA) is 60.4 Å². The fraction of sp³-hybridized carbons (Fsp3) is 0.500. The van der Waals surface area contributed by atoms with E-state index in [0.717, 1.165) is 0 Å². The Balaban J connectivity index is 2.59. The van der Waals surface area contributed by atoms with Crippen molar-refractivity contribution in [2.24, 2.45) is 0 Å². The lowest BCUT2D eigenvalue weighted by Gasteiger charge is -2.19. The van der Waals surface area contributed by atoms with Crippen molar-refractivity contribution in [3.05, 3.63) is 34.9 Å². The first-order chi connectivity index (χ1) is 9.09. The van der Waals surface area contributed by atoms with Crippen molar-refractivity contribution in [3.63, 3.8) is 0 Å². The van der Waals surface area contributed by atoms with Crippen LogP contribution in [0.1, 0.15) is 32.8 Å². The average molecular weight is 319 g/mol. The van der Waals surface area contributed by atoms with Crippen molar-refractivity contribution < 1.29 is 17.9 Å². The fourth-order valence-corrected chi connectivity index (χ4v) is 3.19. The third kappa shape index (κ3) is 6.39. The summed E-state index contributed by atoms with van der Waals surface area (Å²) in [6.07, 6.45) is -0.149. The van der Waals surface area contributed by atoms with E-state index in [1.54, 1.807) is 45.0 Å². The Hall–Kier alpha value is -1.07. The Kier molecular flexibility index (Phi) is 5.59. The molecule has 0 spiro atoms. The van der Waals surface area contributed by atoms with Gasteiger partial charge in [0.2, 0.25) is 0 Å². The van der Waals surface area contributed by atoms with E-state index in [2.05, 4.69) is 0 Å². The minimum absolute atomic E-state index is 0.149. The zero-order chi connectivity index (χ0) is 15.4. The molecule has 0 aliphatic carbocycles. The summed E-state index contributed by atoms with van der Waals surface area (Å²) in [6.45, 7) is 5.22. The molecule has 0 aliphatic rings. The van der Waals surface area contributed by atoms with Crippen molar-refractivity contribution in [3.8, 4) is 0 Å². The highest BCUT2D eigenvalue weighted by Crippen LogP contribution is 2.18. The van der Waals surface area contributed by atoms with Gasteiger partial charge >= 0.3 is 5.97 Å². The van der Waals surface area contributed by atoms with Crippen LogP contribution >= 0.6 is 11.6 Å². The molecule has 6 heteroatoms. The van der Waals surface area contributed by atoms with Gasteiger partial charge in [0.15, 0.2) is 9.84 Å². The lowest BCUT2D eigenvalue weighted by atomic mass is 10.2. The zero-order valence-corrected chi connectivity index (χ0v) is 13.4. The second-order valence-electron chi connectivity index (χ2n) is 5.52. The van der Waals surface area contributed by atoms with Gasteiger partial charge in [-0.1, -0.05) is 29.8 Å². The molecule has 0 N–H and O–H groups in total. The van der Waals surface area contributed by atoms with Gasteiger partial charge in [0.05, 0.1) is 17.9 Å². The molecule has 0 amide bonds. The van der Waals surface area contributed by atoms with E-state index in [1.807, 2.05) is 0 Å². The van der Waals surface area contributed by atoms with E-state index < -0.39 is 21.4 Å². The van der Waals surface area contributed by atoms with Gasteiger partial charge in [-0.2, -0.15) is 0 Å². The molecular formula is C14H19ClO4S. The van der Waals surface area contributed by atoms with Crippen LogP contribution in [0.15, 0.2) is 24.3 Å². The van der Waals surface area contributed by atoms with Gasteiger partial charge in [0, 0.05) is 5.02 Å². The fourth-order valence-electron chi connectivity index (χ4n) is 1.56. The number of benzene rings is 1. The lowest BCUT2D eigenvalue weighted by molar-refractivity contribution is -0.154. The van der Waals surface area contributed by atoms with Crippen molar-refractivity contribution in [2.45, 2.75) is 38.5 Å². The number of esters is 1. The van der Waals surface area contributed by atoms with E-state index in [-0.39, 0.29) is 17.9 Å². The van der Waals surface area contributed by atoms with Crippen LogP contribution in [-0.2, 0) is 25.1 Å². The number of rotatable bonds is 5. The predicted octanol–water partition coefficient (Wildman–Crippen LogP) is 2.99. The van der Waals surface area contributed by atoms with Crippen LogP contribution in [0.2, 0.25) is 5.02 Å². The molecule has 0 aliphatic heterocycles. The number of carbonyl (C=O) groups excluding carboxylic acids is 1. The maximum atomic E-state index is 12.0. The molecule has 1 rings (SSSR count). The second-order valence-corrected chi connectivity index (χ2v) is 8.11. The Morgan fingerprint density at radius 2 is 1.85 bits per heavy atom. The maximum Gasteiger partial charge on any atom is 0.307 e. The van der Waals surface area contributed by atoms with Crippen LogP contribution in [0, 0.1) is 0 Å². The van der Waals surface area contributed by atoms with Crippen molar-refractivity contribution in [2.75, 3.05) is 5.75 Å². The molecule has 0 radical (unpaired) electrons. The average Bonchev–Trinajstić information content (AvgIpc) is 2.27. The highest BCUT2D eigenvalue weighted by Gasteiger charge is 2.20. The first kappa shape index (κ1) is 17.0. The summed E-state index contributed by atoms with van der Waals surface area (Å²) in [4.78, 5) is 11.5. The Morgan fingerprint density at radius 3 is 2.40 bits per heavy atom. The Morgan fingerprint density at radius 1 is 1.25 bits per heavy atom. The quantitative estimate of drug-likeness (QED) is 0.783.